The summed E-state index contributed by atoms with van der Waals surface area (Å²) in [4.78, 5) is 0. The Morgan fingerprint density at radius 2 is 2.20 bits per heavy atom. The van der Waals surface area contributed by atoms with Crippen molar-refractivity contribution in [3.05, 3.63) is 0 Å². The first-order chi connectivity index (χ1) is 4.50. The van der Waals surface area contributed by atoms with E-state index < -0.39 is 11.4 Å². The molecule has 0 amide bonds. The Labute approximate surface area is 59.2 Å². The van der Waals surface area contributed by atoms with Crippen LogP contribution in [0.1, 0.15) is 0 Å². The molecule has 58 valence electrons. The fraction of sp³-hybridized carbons (Fsp3) is 0.667. The van der Waals surface area contributed by atoms with Crippen LogP contribution in [0.15, 0.2) is 5.10 Å². The molecular formula is C3H4F3N3S. The van der Waals surface area contributed by atoms with Gasteiger partial charge in [0.15, 0.2) is 5.25 Å². The van der Waals surface area contributed by atoms with Gasteiger partial charge in [-0.3, -0.25) is 0 Å². The lowest BCUT2D eigenvalue weighted by atomic mass is 10.4. The molecule has 0 spiro atoms. The van der Waals surface area contributed by atoms with Crippen molar-refractivity contribution in [2.45, 2.75) is 11.4 Å². The molecule has 3 nitrogen and oxygen atoms in total. The summed E-state index contributed by atoms with van der Waals surface area (Å²) < 4.78 is 35.9. The van der Waals surface area contributed by atoms with E-state index in [0.29, 0.717) is 16.5 Å². The van der Waals surface area contributed by atoms with Gasteiger partial charge in [-0.1, -0.05) is 0 Å². The van der Waals surface area contributed by atoms with E-state index in [1.54, 1.807) is 0 Å². The molecule has 7 heteroatoms. The maximum atomic E-state index is 11.7. The average Bonchev–Trinajstić information content (AvgIpc) is 2.11. The molecular weight excluding hydrogens is 167 g/mol. The minimum absolute atomic E-state index is 0.436. The molecule has 0 bridgehead atoms. The Morgan fingerprint density at radius 3 is 2.40 bits per heavy atom. The van der Waals surface area contributed by atoms with Crippen LogP contribution >= 0.6 is 11.9 Å². The van der Waals surface area contributed by atoms with Gasteiger partial charge < -0.3 is 0 Å². The zero-order chi connectivity index (χ0) is 7.78. The number of alkyl halides is 3. The summed E-state index contributed by atoms with van der Waals surface area (Å²) in [7, 11) is 0. The van der Waals surface area contributed by atoms with E-state index in [1.807, 2.05) is 0 Å². The highest BCUT2D eigenvalue weighted by atomic mass is 32.2. The lowest BCUT2D eigenvalue weighted by Gasteiger charge is -2.10. The van der Waals surface area contributed by atoms with Gasteiger partial charge in [0.25, 0.3) is 0 Å². The number of hydrazone groups is 1. The van der Waals surface area contributed by atoms with Crippen molar-refractivity contribution in [1.29, 1.82) is 0 Å². The predicted molar refractivity (Wildman–Crippen MR) is 32.0 cm³/mol. The Balaban J connectivity index is 2.55. The van der Waals surface area contributed by atoms with E-state index >= 15 is 0 Å². The molecule has 1 unspecified atom stereocenters. The van der Waals surface area contributed by atoms with Gasteiger partial charge in [0.05, 0.1) is 6.21 Å². The SMILES string of the molecule is NN1N=CC(C(F)(F)F)S1. The highest BCUT2D eigenvalue weighted by molar-refractivity contribution is 7.98. The van der Waals surface area contributed by atoms with Crippen LogP contribution in [0.2, 0.25) is 0 Å². The third-order valence-corrected chi connectivity index (χ3v) is 1.79. The molecule has 0 saturated carbocycles. The summed E-state index contributed by atoms with van der Waals surface area (Å²) >= 11 is 0.436. The third-order valence-electron chi connectivity index (χ3n) is 0.860. The van der Waals surface area contributed by atoms with Crippen LogP contribution in [-0.4, -0.2) is 22.2 Å². The molecule has 2 N–H and O–H groups in total. The predicted octanol–water partition coefficient (Wildman–Crippen LogP) is 0.741. The lowest BCUT2D eigenvalue weighted by Crippen LogP contribution is -2.26. The minimum Gasteiger partial charge on any atom is -0.220 e. The zero-order valence-corrected chi connectivity index (χ0v) is 5.49. The second-order valence-corrected chi connectivity index (χ2v) is 2.73. The monoisotopic (exact) mass is 171 g/mol. The number of rotatable bonds is 0. The topological polar surface area (TPSA) is 41.6 Å². The molecule has 0 aromatic rings. The van der Waals surface area contributed by atoms with Gasteiger partial charge in [0, 0.05) is 11.9 Å². The van der Waals surface area contributed by atoms with Crippen LogP contribution in [0.4, 0.5) is 13.2 Å². The van der Waals surface area contributed by atoms with E-state index in [9.17, 15) is 13.2 Å². The Bertz CT molecular complexity index is 156. The zero-order valence-electron chi connectivity index (χ0n) is 4.67. The first-order valence-electron chi connectivity index (χ1n) is 2.32. The van der Waals surface area contributed by atoms with E-state index in [4.69, 9.17) is 5.84 Å². The Morgan fingerprint density at radius 1 is 1.60 bits per heavy atom. The van der Waals surface area contributed by atoms with Crippen molar-refractivity contribution in [3.8, 4) is 0 Å². The van der Waals surface area contributed by atoms with E-state index in [-0.39, 0.29) is 0 Å². The largest absolute Gasteiger partial charge is 0.407 e. The van der Waals surface area contributed by atoms with Crippen LogP contribution in [-0.2, 0) is 0 Å². The summed E-state index contributed by atoms with van der Waals surface area (Å²) in [5, 5.41) is 1.63. The molecule has 0 aromatic heterocycles. The van der Waals surface area contributed by atoms with Crippen LogP contribution in [0.3, 0.4) is 0 Å². The molecule has 1 aliphatic rings. The van der Waals surface area contributed by atoms with Gasteiger partial charge >= 0.3 is 6.18 Å². The van der Waals surface area contributed by atoms with Crippen molar-refractivity contribution >= 4 is 18.2 Å². The van der Waals surface area contributed by atoms with E-state index in [0.717, 1.165) is 6.21 Å². The normalized spacial score (nSPS) is 26.0. The second-order valence-electron chi connectivity index (χ2n) is 1.63. The molecule has 10 heavy (non-hydrogen) atoms. The van der Waals surface area contributed by atoms with Crippen LogP contribution in [0.25, 0.3) is 0 Å². The molecule has 1 heterocycles. The molecule has 0 saturated heterocycles. The number of nitrogens with two attached hydrogens (primary N) is 1. The molecule has 0 aliphatic carbocycles. The molecule has 1 rings (SSSR count). The third kappa shape index (κ3) is 1.54. The standard InChI is InChI=1S/C3H4F3N3S/c4-3(5,6)2-1-8-9(7)10-2/h1-2H,7H2. The maximum absolute atomic E-state index is 11.7. The summed E-state index contributed by atoms with van der Waals surface area (Å²) in [6, 6.07) is 0. The first-order valence-corrected chi connectivity index (χ1v) is 3.16. The molecule has 0 radical (unpaired) electrons. The van der Waals surface area contributed by atoms with E-state index in [2.05, 4.69) is 5.10 Å². The number of hydrazine groups is 1. The van der Waals surface area contributed by atoms with Crippen LogP contribution < -0.4 is 5.84 Å². The highest BCUT2D eigenvalue weighted by Crippen LogP contribution is 2.32. The van der Waals surface area contributed by atoms with Crippen LogP contribution in [0, 0.1) is 0 Å². The Hall–Kier alpha value is -0.430. The summed E-state index contributed by atoms with van der Waals surface area (Å²) in [5.74, 6) is 4.92. The van der Waals surface area contributed by atoms with Gasteiger partial charge in [-0.05, 0) is 0 Å². The van der Waals surface area contributed by atoms with Gasteiger partial charge in [0.1, 0.15) is 0 Å². The Kier molecular flexibility index (Phi) is 1.78. The van der Waals surface area contributed by atoms with Crippen LogP contribution in [0.5, 0.6) is 0 Å². The highest BCUT2D eigenvalue weighted by Gasteiger charge is 2.42. The molecule has 1 aliphatic heterocycles. The number of nitrogens with zero attached hydrogens (tertiary/aromatic N) is 2. The average molecular weight is 171 g/mol. The lowest BCUT2D eigenvalue weighted by molar-refractivity contribution is -0.115. The van der Waals surface area contributed by atoms with E-state index in [1.165, 1.54) is 0 Å². The quantitative estimate of drug-likeness (QED) is 0.431. The van der Waals surface area contributed by atoms with Gasteiger partial charge in [-0.25, -0.2) is 5.84 Å². The first kappa shape index (κ1) is 7.67. The maximum Gasteiger partial charge on any atom is 0.407 e. The number of halogens is 3. The fourth-order valence-electron chi connectivity index (χ4n) is 0.441. The smallest absolute Gasteiger partial charge is 0.220 e. The molecule has 1 atom stereocenters. The van der Waals surface area contributed by atoms with Crippen molar-refractivity contribution in [1.82, 2.24) is 4.52 Å². The summed E-state index contributed by atoms with van der Waals surface area (Å²) in [6.45, 7) is 0. The fourth-order valence-corrected chi connectivity index (χ4v) is 1.01. The van der Waals surface area contributed by atoms with Gasteiger partial charge in [-0.15, -0.1) is 0 Å². The molecule has 0 fully saturated rings. The summed E-state index contributed by atoms with van der Waals surface area (Å²) in [6.07, 6.45) is -3.48. The van der Waals surface area contributed by atoms with Crippen molar-refractivity contribution in [2.75, 3.05) is 0 Å². The van der Waals surface area contributed by atoms with Gasteiger partial charge in [0.2, 0.25) is 0 Å². The van der Waals surface area contributed by atoms with Crippen molar-refractivity contribution < 1.29 is 13.2 Å². The van der Waals surface area contributed by atoms with Gasteiger partial charge in [-0.2, -0.15) is 22.8 Å². The minimum atomic E-state index is -4.25. The number of hydrogen-bond donors (Lipinski definition) is 1. The van der Waals surface area contributed by atoms with Crippen molar-refractivity contribution in [3.63, 3.8) is 0 Å². The summed E-state index contributed by atoms with van der Waals surface area (Å²) in [5.41, 5.74) is 0. The number of hydrogen-bond acceptors (Lipinski definition) is 4. The van der Waals surface area contributed by atoms with Crippen molar-refractivity contribution in [2.24, 2.45) is 10.9 Å². The molecule has 0 aromatic carbocycles. The second kappa shape index (κ2) is 2.31.